The highest BCUT2D eigenvalue weighted by Gasteiger charge is 2.27. The number of aryl methyl sites for hydroxylation is 1. The molecular formula is C13H17BrN2O2. The Morgan fingerprint density at radius 1 is 1.56 bits per heavy atom. The predicted octanol–water partition coefficient (Wildman–Crippen LogP) is 2.68. The number of amides is 1. The normalized spacial score (nSPS) is 19.8. The number of hydrogen-bond donors (Lipinski definition) is 1. The van der Waals surface area contributed by atoms with Crippen LogP contribution >= 0.6 is 15.9 Å². The number of nitrogens with zero attached hydrogens (tertiary/aromatic N) is 1. The van der Waals surface area contributed by atoms with Gasteiger partial charge in [0.2, 0.25) is 0 Å². The van der Waals surface area contributed by atoms with Crippen molar-refractivity contribution in [1.29, 1.82) is 0 Å². The lowest BCUT2D eigenvalue weighted by molar-refractivity contribution is 0.113. The molecule has 1 unspecified atom stereocenters. The van der Waals surface area contributed by atoms with E-state index in [1.54, 1.807) is 4.90 Å². The summed E-state index contributed by atoms with van der Waals surface area (Å²) in [6, 6.07) is 5.87. The molecule has 2 rings (SSSR count). The zero-order valence-corrected chi connectivity index (χ0v) is 11.9. The second kappa shape index (κ2) is 5.71. The number of rotatable bonds is 3. The van der Waals surface area contributed by atoms with Gasteiger partial charge in [0.05, 0.1) is 6.61 Å². The summed E-state index contributed by atoms with van der Waals surface area (Å²) >= 11 is 3.48. The fourth-order valence-electron chi connectivity index (χ4n) is 2.02. The Balaban J connectivity index is 2.18. The third-order valence-electron chi connectivity index (χ3n) is 3.15. The van der Waals surface area contributed by atoms with Gasteiger partial charge in [-0.25, -0.2) is 4.79 Å². The number of cyclic esters (lactones) is 1. The van der Waals surface area contributed by atoms with Gasteiger partial charge in [0.25, 0.3) is 0 Å². The Morgan fingerprint density at radius 3 is 3.00 bits per heavy atom. The van der Waals surface area contributed by atoms with E-state index in [9.17, 15) is 4.79 Å². The zero-order valence-electron chi connectivity index (χ0n) is 10.4. The second-order valence-corrected chi connectivity index (χ2v) is 5.42. The summed E-state index contributed by atoms with van der Waals surface area (Å²) in [6.07, 6.45) is 0.593. The number of benzene rings is 1. The number of anilines is 1. The zero-order chi connectivity index (χ0) is 13.1. The van der Waals surface area contributed by atoms with Crippen LogP contribution in [0.25, 0.3) is 0 Å². The van der Waals surface area contributed by atoms with Crippen LogP contribution < -0.4 is 10.6 Å². The third-order valence-corrected chi connectivity index (χ3v) is 4.00. The summed E-state index contributed by atoms with van der Waals surface area (Å²) in [6.45, 7) is 3.78. The minimum absolute atomic E-state index is 0.279. The molecule has 0 saturated carbocycles. The van der Waals surface area contributed by atoms with Crippen molar-refractivity contribution < 1.29 is 9.53 Å². The molecule has 1 amide bonds. The van der Waals surface area contributed by atoms with E-state index in [0.29, 0.717) is 25.6 Å². The SMILES string of the molecule is Cc1ccc(N2CC(CCN)COC2=O)cc1Br. The Morgan fingerprint density at radius 2 is 2.33 bits per heavy atom. The third kappa shape index (κ3) is 2.84. The number of nitrogens with two attached hydrogens (primary N) is 1. The van der Waals surface area contributed by atoms with Crippen molar-refractivity contribution in [3.63, 3.8) is 0 Å². The van der Waals surface area contributed by atoms with Gasteiger partial charge in [0, 0.05) is 22.6 Å². The van der Waals surface area contributed by atoms with Crippen molar-refractivity contribution in [3.8, 4) is 0 Å². The van der Waals surface area contributed by atoms with E-state index in [1.807, 2.05) is 25.1 Å². The lowest BCUT2D eigenvalue weighted by Gasteiger charge is -2.32. The summed E-state index contributed by atoms with van der Waals surface area (Å²) in [5.41, 5.74) is 7.56. The van der Waals surface area contributed by atoms with Gasteiger partial charge in [-0.1, -0.05) is 22.0 Å². The number of hydrogen-bond acceptors (Lipinski definition) is 3. The summed E-state index contributed by atoms with van der Waals surface area (Å²) in [5.74, 6) is 0.313. The van der Waals surface area contributed by atoms with Crippen LogP contribution in [-0.2, 0) is 4.74 Å². The highest BCUT2D eigenvalue weighted by molar-refractivity contribution is 9.10. The highest BCUT2D eigenvalue weighted by atomic mass is 79.9. The summed E-state index contributed by atoms with van der Waals surface area (Å²) in [5, 5.41) is 0. The van der Waals surface area contributed by atoms with Crippen molar-refractivity contribution >= 4 is 27.7 Å². The highest BCUT2D eigenvalue weighted by Crippen LogP contribution is 2.27. The fraction of sp³-hybridized carbons (Fsp3) is 0.462. The van der Waals surface area contributed by atoms with E-state index in [1.165, 1.54) is 0 Å². The van der Waals surface area contributed by atoms with Crippen LogP contribution in [0, 0.1) is 12.8 Å². The molecule has 1 fully saturated rings. The van der Waals surface area contributed by atoms with Gasteiger partial charge < -0.3 is 10.5 Å². The van der Waals surface area contributed by atoms with Gasteiger partial charge in [-0.2, -0.15) is 0 Å². The molecule has 1 aliphatic heterocycles. The van der Waals surface area contributed by atoms with Crippen molar-refractivity contribution in [2.75, 3.05) is 24.6 Å². The molecule has 1 aromatic rings. The van der Waals surface area contributed by atoms with Gasteiger partial charge >= 0.3 is 6.09 Å². The van der Waals surface area contributed by atoms with E-state index in [4.69, 9.17) is 10.5 Å². The first-order valence-corrected chi connectivity index (χ1v) is 6.81. The van der Waals surface area contributed by atoms with Crippen molar-refractivity contribution in [3.05, 3.63) is 28.2 Å². The summed E-state index contributed by atoms with van der Waals surface area (Å²) in [4.78, 5) is 13.5. The molecule has 5 heteroatoms. The first kappa shape index (κ1) is 13.4. The van der Waals surface area contributed by atoms with E-state index in [-0.39, 0.29) is 6.09 Å². The molecule has 0 aliphatic carbocycles. The number of halogens is 1. The monoisotopic (exact) mass is 312 g/mol. The van der Waals surface area contributed by atoms with Crippen LogP contribution in [0.2, 0.25) is 0 Å². The minimum atomic E-state index is -0.279. The quantitative estimate of drug-likeness (QED) is 0.933. The van der Waals surface area contributed by atoms with Gasteiger partial charge in [-0.3, -0.25) is 4.90 Å². The molecule has 98 valence electrons. The Bertz CT molecular complexity index is 451. The van der Waals surface area contributed by atoms with Crippen LogP contribution in [-0.4, -0.2) is 25.8 Å². The maximum Gasteiger partial charge on any atom is 0.414 e. The van der Waals surface area contributed by atoms with Crippen LogP contribution in [0.5, 0.6) is 0 Å². The molecule has 0 spiro atoms. The molecule has 0 aromatic heterocycles. The predicted molar refractivity (Wildman–Crippen MR) is 74.7 cm³/mol. The van der Waals surface area contributed by atoms with Gasteiger partial charge in [-0.05, 0) is 37.6 Å². The lowest BCUT2D eigenvalue weighted by Crippen LogP contribution is -2.43. The summed E-state index contributed by atoms with van der Waals surface area (Å²) in [7, 11) is 0. The number of ether oxygens (including phenoxy) is 1. The first-order chi connectivity index (χ1) is 8.61. The van der Waals surface area contributed by atoms with E-state index >= 15 is 0 Å². The second-order valence-electron chi connectivity index (χ2n) is 4.56. The Labute approximate surface area is 115 Å². The topological polar surface area (TPSA) is 55.6 Å². The average molecular weight is 313 g/mol. The molecule has 1 aliphatic rings. The fourth-order valence-corrected chi connectivity index (χ4v) is 2.39. The lowest BCUT2D eigenvalue weighted by atomic mass is 10.0. The maximum atomic E-state index is 11.8. The molecule has 0 radical (unpaired) electrons. The molecule has 1 saturated heterocycles. The standard InChI is InChI=1S/C13H17BrN2O2/c1-9-2-3-11(6-12(9)14)16-7-10(4-5-15)8-18-13(16)17/h2-3,6,10H,4-5,7-8,15H2,1H3. The van der Waals surface area contributed by atoms with Crippen LogP contribution in [0.3, 0.4) is 0 Å². The molecule has 18 heavy (non-hydrogen) atoms. The minimum Gasteiger partial charge on any atom is -0.449 e. The van der Waals surface area contributed by atoms with Crippen LogP contribution in [0.15, 0.2) is 22.7 Å². The molecule has 4 nitrogen and oxygen atoms in total. The van der Waals surface area contributed by atoms with Crippen LogP contribution in [0.4, 0.5) is 10.5 Å². The van der Waals surface area contributed by atoms with Gasteiger partial charge in [0.15, 0.2) is 0 Å². The van der Waals surface area contributed by atoms with Gasteiger partial charge in [-0.15, -0.1) is 0 Å². The smallest absolute Gasteiger partial charge is 0.414 e. The number of carbonyl (C=O) groups excluding carboxylic acids is 1. The first-order valence-electron chi connectivity index (χ1n) is 6.02. The Hall–Kier alpha value is -1.07. The van der Waals surface area contributed by atoms with Crippen molar-refractivity contribution in [1.82, 2.24) is 0 Å². The maximum absolute atomic E-state index is 11.8. The van der Waals surface area contributed by atoms with Gasteiger partial charge in [0.1, 0.15) is 0 Å². The molecule has 0 bridgehead atoms. The molecule has 1 atom stereocenters. The average Bonchev–Trinajstić information content (AvgIpc) is 2.35. The van der Waals surface area contributed by atoms with Crippen molar-refractivity contribution in [2.45, 2.75) is 13.3 Å². The Kier molecular flexibility index (Phi) is 4.24. The number of carbonyl (C=O) groups is 1. The van der Waals surface area contributed by atoms with Crippen molar-refractivity contribution in [2.24, 2.45) is 11.7 Å². The van der Waals surface area contributed by atoms with E-state index in [0.717, 1.165) is 22.1 Å². The molecule has 2 N–H and O–H groups in total. The molecule has 1 aromatic carbocycles. The van der Waals surface area contributed by atoms with E-state index < -0.39 is 0 Å². The molecule has 1 heterocycles. The van der Waals surface area contributed by atoms with E-state index in [2.05, 4.69) is 15.9 Å². The van der Waals surface area contributed by atoms with Crippen LogP contribution in [0.1, 0.15) is 12.0 Å². The largest absolute Gasteiger partial charge is 0.449 e. The molecular weight excluding hydrogens is 296 g/mol. The summed E-state index contributed by atoms with van der Waals surface area (Å²) < 4.78 is 6.19.